The van der Waals surface area contributed by atoms with Gasteiger partial charge in [0.1, 0.15) is 11.9 Å². The standard InChI is InChI=1S/C18H17F3N2O2/c19-18(20,21)14-5-3-13(4-6-14)17(24)23-10-7-15(8-11-23)25-16-2-1-9-22-12-16/h1-6,9,12,15H,7-8,10-11H2. The number of piperidine rings is 1. The number of hydrogen-bond acceptors (Lipinski definition) is 3. The molecule has 2 aromatic rings. The topological polar surface area (TPSA) is 42.4 Å². The first-order valence-electron chi connectivity index (χ1n) is 7.97. The van der Waals surface area contributed by atoms with Crippen molar-refractivity contribution < 1.29 is 22.7 Å². The van der Waals surface area contributed by atoms with Crippen molar-refractivity contribution >= 4 is 5.91 Å². The Kier molecular flexibility index (Phi) is 4.92. The number of carbonyl (C=O) groups is 1. The molecule has 0 N–H and O–H groups in total. The maximum Gasteiger partial charge on any atom is 0.416 e. The number of rotatable bonds is 3. The zero-order chi connectivity index (χ0) is 17.9. The minimum Gasteiger partial charge on any atom is -0.489 e. The molecule has 1 aromatic heterocycles. The molecule has 1 amide bonds. The van der Waals surface area contributed by atoms with E-state index in [9.17, 15) is 18.0 Å². The molecule has 0 bridgehead atoms. The Morgan fingerprint density at radius 1 is 1.12 bits per heavy atom. The van der Waals surface area contributed by atoms with Crippen molar-refractivity contribution in [3.05, 3.63) is 59.9 Å². The van der Waals surface area contributed by atoms with E-state index in [1.54, 1.807) is 23.4 Å². The highest BCUT2D eigenvalue weighted by atomic mass is 19.4. The van der Waals surface area contributed by atoms with Gasteiger partial charge in [0, 0.05) is 37.7 Å². The van der Waals surface area contributed by atoms with Crippen LogP contribution in [0.15, 0.2) is 48.8 Å². The van der Waals surface area contributed by atoms with Gasteiger partial charge in [-0.3, -0.25) is 9.78 Å². The fraction of sp³-hybridized carbons (Fsp3) is 0.333. The summed E-state index contributed by atoms with van der Waals surface area (Å²) in [7, 11) is 0. The third-order valence-electron chi connectivity index (χ3n) is 4.13. The van der Waals surface area contributed by atoms with Gasteiger partial charge < -0.3 is 9.64 Å². The van der Waals surface area contributed by atoms with Gasteiger partial charge in [0.25, 0.3) is 5.91 Å². The quantitative estimate of drug-likeness (QED) is 0.846. The molecule has 1 fully saturated rings. The summed E-state index contributed by atoms with van der Waals surface area (Å²) in [6.07, 6.45) is 0.241. The van der Waals surface area contributed by atoms with Crippen molar-refractivity contribution in [3.63, 3.8) is 0 Å². The largest absolute Gasteiger partial charge is 0.489 e. The number of alkyl halides is 3. The number of nitrogens with zero attached hydrogens (tertiary/aromatic N) is 2. The van der Waals surface area contributed by atoms with E-state index in [0.717, 1.165) is 12.1 Å². The molecule has 4 nitrogen and oxygen atoms in total. The van der Waals surface area contributed by atoms with Crippen LogP contribution in [0.2, 0.25) is 0 Å². The molecule has 0 spiro atoms. The van der Waals surface area contributed by atoms with Gasteiger partial charge in [0.05, 0.1) is 11.8 Å². The Morgan fingerprint density at radius 3 is 2.36 bits per heavy atom. The summed E-state index contributed by atoms with van der Waals surface area (Å²) in [6.45, 7) is 1.01. The summed E-state index contributed by atoms with van der Waals surface area (Å²) in [5.41, 5.74) is -0.493. The smallest absolute Gasteiger partial charge is 0.416 e. The number of benzene rings is 1. The van der Waals surface area contributed by atoms with Crippen molar-refractivity contribution in [1.29, 1.82) is 0 Å². The molecule has 0 aliphatic carbocycles. The molecule has 7 heteroatoms. The van der Waals surface area contributed by atoms with E-state index in [1.807, 2.05) is 6.07 Å². The Balaban J connectivity index is 1.56. The second kappa shape index (κ2) is 7.13. The van der Waals surface area contributed by atoms with Crippen molar-refractivity contribution in [1.82, 2.24) is 9.88 Å². The Morgan fingerprint density at radius 2 is 1.80 bits per heavy atom. The SMILES string of the molecule is O=C(c1ccc(C(F)(F)F)cc1)N1CCC(Oc2cccnc2)CC1. The maximum atomic E-state index is 12.6. The van der Waals surface area contributed by atoms with Gasteiger partial charge >= 0.3 is 6.18 Å². The molecular weight excluding hydrogens is 333 g/mol. The molecule has 1 aliphatic heterocycles. The molecule has 1 saturated heterocycles. The normalized spacial score (nSPS) is 15.9. The summed E-state index contributed by atoms with van der Waals surface area (Å²) in [6, 6.07) is 7.94. The van der Waals surface area contributed by atoms with Crippen molar-refractivity contribution in [2.75, 3.05) is 13.1 Å². The average molecular weight is 350 g/mol. The van der Waals surface area contributed by atoms with Gasteiger partial charge in [-0.25, -0.2) is 0 Å². The predicted molar refractivity (Wildman–Crippen MR) is 85.2 cm³/mol. The van der Waals surface area contributed by atoms with Gasteiger partial charge in [-0.2, -0.15) is 13.2 Å². The lowest BCUT2D eigenvalue weighted by molar-refractivity contribution is -0.137. The third kappa shape index (κ3) is 4.29. The van der Waals surface area contributed by atoms with Crippen LogP contribution in [0, 0.1) is 0 Å². The Hall–Kier alpha value is -2.57. The monoisotopic (exact) mass is 350 g/mol. The zero-order valence-electron chi connectivity index (χ0n) is 13.4. The molecule has 2 heterocycles. The highest BCUT2D eigenvalue weighted by Gasteiger charge is 2.31. The van der Waals surface area contributed by atoms with Gasteiger partial charge in [-0.05, 0) is 36.4 Å². The minimum atomic E-state index is -4.40. The lowest BCUT2D eigenvalue weighted by Gasteiger charge is -2.32. The van der Waals surface area contributed by atoms with Crippen LogP contribution in [-0.4, -0.2) is 35.0 Å². The van der Waals surface area contributed by atoms with Gasteiger partial charge in [-0.15, -0.1) is 0 Å². The highest BCUT2D eigenvalue weighted by Crippen LogP contribution is 2.29. The lowest BCUT2D eigenvalue weighted by atomic mass is 10.1. The average Bonchev–Trinajstić information content (AvgIpc) is 2.62. The van der Waals surface area contributed by atoms with Gasteiger partial charge in [0.2, 0.25) is 0 Å². The van der Waals surface area contributed by atoms with E-state index < -0.39 is 11.7 Å². The van der Waals surface area contributed by atoms with E-state index in [-0.39, 0.29) is 17.6 Å². The number of aromatic nitrogens is 1. The molecule has 132 valence electrons. The number of halogens is 3. The van der Waals surface area contributed by atoms with Crippen molar-refractivity contribution in [2.45, 2.75) is 25.1 Å². The number of likely N-dealkylation sites (tertiary alicyclic amines) is 1. The number of pyridine rings is 1. The second-order valence-electron chi connectivity index (χ2n) is 5.87. The van der Waals surface area contributed by atoms with Gasteiger partial charge in [-0.1, -0.05) is 0 Å². The van der Waals surface area contributed by atoms with E-state index in [0.29, 0.717) is 31.7 Å². The fourth-order valence-electron chi connectivity index (χ4n) is 2.77. The van der Waals surface area contributed by atoms with Crippen LogP contribution in [-0.2, 0) is 6.18 Å². The van der Waals surface area contributed by atoms with E-state index in [2.05, 4.69) is 4.98 Å². The molecule has 3 rings (SSSR count). The molecule has 1 aromatic carbocycles. The highest BCUT2D eigenvalue weighted by molar-refractivity contribution is 5.94. The van der Waals surface area contributed by atoms with Crippen molar-refractivity contribution in [3.8, 4) is 5.75 Å². The fourth-order valence-corrected chi connectivity index (χ4v) is 2.77. The molecule has 0 radical (unpaired) electrons. The summed E-state index contributed by atoms with van der Waals surface area (Å²) in [4.78, 5) is 18.1. The van der Waals surface area contributed by atoms with Crippen LogP contribution in [0.5, 0.6) is 5.75 Å². The Labute approximate surface area is 143 Å². The van der Waals surface area contributed by atoms with Crippen molar-refractivity contribution in [2.24, 2.45) is 0 Å². The first-order valence-corrected chi connectivity index (χ1v) is 7.97. The summed E-state index contributed by atoms with van der Waals surface area (Å²) in [5, 5.41) is 0. The van der Waals surface area contributed by atoms with E-state index >= 15 is 0 Å². The van der Waals surface area contributed by atoms with Crippen LogP contribution in [0.25, 0.3) is 0 Å². The number of hydrogen-bond donors (Lipinski definition) is 0. The van der Waals surface area contributed by atoms with Crippen LogP contribution in [0.3, 0.4) is 0 Å². The van der Waals surface area contributed by atoms with E-state index in [4.69, 9.17) is 4.74 Å². The minimum absolute atomic E-state index is 0.000792. The van der Waals surface area contributed by atoms with Gasteiger partial charge in [0.15, 0.2) is 0 Å². The molecule has 0 unspecified atom stereocenters. The number of carbonyl (C=O) groups excluding carboxylic acids is 1. The summed E-state index contributed by atoms with van der Waals surface area (Å²) < 4.78 is 43.6. The second-order valence-corrected chi connectivity index (χ2v) is 5.87. The maximum absolute atomic E-state index is 12.6. The first-order chi connectivity index (χ1) is 11.9. The first kappa shape index (κ1) is 17.3. The zero-order valence-corrected chi connectivity index (χ0v) is 13.4. The van der Waals surface area contributed by atoms with Crippen LogP contribution in [0.4, 0.5) is 13.2 Å². The Bertz CT molecular complexity index is 709. The van der Waals surface area contributed by atoms with E-state index in [1.165, 1.54) is 12.1 Å². The third-order valence-corrected chi connectivity index (χ3v) is 4.13. The summed E-state index contributed by atoms with van der Waals surface area (Å²) in [5.74, 6) is 0.434. The molecule has 1 aliphatic rings. The number of amides is 1. The number of ether oxygens (including phenoxy) is 1. The molecule has 25 heavy (non-hydrogen) atoms. The molecule has 0 saturated carbocycles. The lowest BCUT2D eigenvalue weighted by Crippen LogP contribution is -2.41. The summed E-state index contributed by atoms with van der Waals surface area (Å²) >= 11 is 0. The molecule has 0 atom stereocenters. The van der Waals surface area contributed by atoms with Crippen LogP contribution < -0.4 is 4.74 Å². The van der Waals surface area contributed by atoms with Crippen LogP contribution >= 0.6 is 0 Å². The predicted octanol–water partition coefficient (Wildman–Crippen LogP) is 3.78. The van der Waals surface area contributed by atoms with Crippen LogP contribution in [0.1, 0.15) is 28.8 Å². The molecular formula is C18H17F3N2O2.